The Morgan fingerprint density at radius 2 is 1.82 bits per heavy atom. The van der Waals surface area contributed by atoms with Crippen LogP contribution in [0.1, 0.15) is 31.7 Å². The van der Waals surface area contributed by atoms with Gasteiger partial charge >= 0.3 is 11.9 Å². The fraction of sp³-hybridized carbons (Fsp3) is 0.385. The molecule has 1 atom stereocenters. The van der Waals surface area contributed by atoms with E-state index in [1.807, 2.05) is 12.1 Å². The van der Waals surface area contributed by atoms with Crippen LogP contribution in [0.2, 0.25) is 0 Å². The largest absolute Gasteiger partial charge is 0.474 e. The summed E-state index contributed by atoms with van der Waals surface area (Å²) in [4.78, 5) is 22.9. The highest BCUT2D eigenvalue weighted by Crippen LogP contribution is 2.21. The van der Waals surface area contributed by atoms with Crippen LogP contribution >= 0.6 is 0 Å². The molecule has 1 rings (SSSR count). The Bertz CT molecular complexity index is 411. The van der Waals surface area contributed by atoms with Crippen molar-refractivity contribution in [2.24, 2.45) is 0 Å². The summed E-state index contributed by atoms with van der Waals surface area (Å²) in [5, 5.41) is 8.60. The molecule has 0 spiro atoms. The van der Waals surface area contributed by atoms with E-state index in [1.165, 1.54) is 12.6 Å². The molecule has 0 saturated heterocycles. The predicted molar refractivity (Wildman–Crippen MR) is 66.2 cm³/mol. The van der Waals surface area contributed by atoms with E-state index < -0.39 is 11.9 Å². The lowest BCUT2D eigenvalue weighted by Gasteiger charge is -2.16. The summed E-state index contributed by atoms with van der Waals surface area (Å²) < 4.78 is 0. The third-order valence-corrected chi connectivity index (χ3v) is 2.95. The van der Waals surface area contributed by atoms with Crippen LogP contribution in [-0.4, -0.2) is 24.0 Å². The quantitative estimate of drug-likeness (QED) is 0.817. The number of rotatable bonds is 3. The zero-order valence-corrected chi connectivity index (χ0v) is 10.3. The van der Waals surface area contributed by atoms with Gasteiger partial charge in [0, 0.05) is 12.7 Å². The Balaban J connectivity index is 2.87. The van der Waals surface area contributed by atoms with Gasteiger partial charge in [-0.25, -0.2) is 4.79 Å². The number of carboxylic acids is 1. The molecule has 0 heterocycles. The van der Waals surface area contributed by atoms with Crippen molar-refractivity contribution in [3.8, 4) is 0 Å². The monoisotopic (exact) mass is 235 g/mol. The first-order valence-electron chi connectivity index (χ1n) is 5.58. The number of aliphatic carboxylic acids is 1. The van der Waals surface area contributed by atoms with Crippen molar-refractivity contribution in [3.05, 3.63) is 29.8 Å². The maximum absolute atomic E-state index is 11.2. The molecule has 1 unspecified atom stereocenters. The maximum atomic E-state index is 11.2. The average Bonchev–Trinajstić information content (AvgIpc) is 2.36. The zero-order valence-electron chi connectivity index (χ0n) is 10.3. The summed E-state index contributed by atoms with van der Waals surface area (Å²) >= 11 is 0. The minimum atomic E-state index is -1.45. The Morgan fingerprint density at radius 1 is 1.29 bits per heavy atom. The van der Waals surface area contributed by atoms with Crippen molar-refractivity contribution >= 4 is 17.6 Å². The van der Waals surface area contributed by atoms with Crippen LogP contribution in [0.15, 0.2) is 24.3 Å². The van der Waals surface area contributed by atoms with Crippen molar-refractivity contribution < 1.29 is 14.7 Å². The third kappa shape index (κ3) is 3.06. The molecule has 0 bridgehead atoms. The normalized spacial score (nSPS) is 11.9. The van der Waals surface area contributed by atoms with Crippen LogP contribution in [-0.2, 0) is 9.59 Å². The fourth-order valence-electron chi connectivity index (χ4n) is 1.52. The Hall–Kier alpha value is -1.84. The smallest absolute Gasteiger partial charge is 0.394 e. The highest BCUT2D eigenvalue weighted by Gasteiger charge is 2.18. The Kier molecular flexibility index (Phi) is 4.26. The number of nitrogens with zero attached hydrogens (tertiary/aromatic N) is 1. The van der Waals surface area contributed by atoms with E-state index in [2.05, 4.69) is 13.8 Å². The molecule has 0 fully saturated rings. The van der Waals surface area contributed by atoms with Crippen molar-refractivity contribution in [1.29, 1.82) is 0 Å². The molecule has 0 aliphatic heterocycles. The van der Waals surface area contributed by atoms with Gasteiger partial charge in [0.2, 0.25) is 0 Å². The minimum Gasteiger partial charge on any atom is -0.474 e. The molecule has 0 aromatic heterocycles. The van der Waals surface area contributed by atoms with Gasteiger partial charge in [-0.15, -0.1) is 0 Å². The molecule has 92 valence electrons. The molecule has 1 aromatic carbocycles. The molecule has 0 aliphatic carbocycles. The van der Waals surface area contributed by atoms with Crippen LogP contribution in [0.4, 0.5) is 5.69 Å². The van der Waals surface area contributed by atoms with Gasteiger partial charge in [0.1, 0.15) is 0 Å². The van der Waals surface area contributed by atoms with Gasteiger partial charge in [-0.05, 0) is 30.0 Å². The number of carboxylic acid groups (broad SMARTS) is 1. The highest BCUT2D eigenvalue weighted by atomic mass is 16.4. The Labute approximate surface area is 101 Å². The van der Waals surface area contributed by atoms with Gasteiger partial charge in [-0.3, -0.25) is 4.79 Å². The van der Waals surface area contributed by atoms with Gasteiger partial charge in [0.05, 0.1) is 0 Å². The van der Waals surface area contributed by atoms with E-state index in [9.17, 15) is 9.59 Å². The standard InChI is InChI=1S/C13H17NO3/c1-4-9(2)10-5-7-11(8-6-10)14(3)12(15)13(16)17/h5-9H,4H2,1-3H3,(H,16,17). The van der Waals surface area contributed by atoms with Crippen molar-refractivity contribution in [2.45, 2.75) is 26.2 Å². The van der Waals surface area contributed by atoms with Gasteiger partial charge in [0.15, 0.2) is 0 Å². The number of carbonyl (C=O) groups is 2. The van der Waals surface area contributed by atoms with E-state index in [4.69, 9.17) is 5.11 Å². The van der Waals surface area contributed by atoms with Crippen LogP contribution in [0.3, 0.4) is 0 Å². The topological polar surface area (TPSA) is 57.6 Å². The third-order valence-electron chi connectivity index (χ3n) is 2.95. The second-order valence-electron chi connectivity index (χ2n) is 4.07. The van der Waals surface area contributed by atoms with E-state index in [0.29, 0.717) is 11.6 Å². The van der Waals surface area contributed by atoms with E-state index in [1.54, 1.807) is 12.1 Å². The molecule has 0 saturated carbocycles. The summed E-state index contributed by atoms with van der Waals surface area (Å²) in [6, 6.07) is 7.38. The lowest BCUT2D eigenvalue weighted by Crippen LogP contribution is -2.32. The molecule has 17 heavy (non-hydrogen) atoms. The minimum absolute atomic E-state index is 0.463. The lowest BCUT2D eigenvalue weighted by molar-refractivity contribution is -0.148. The summed E-state index contributed by atoms with van der Waals surface area (Å²) in [5.74, 6) is -1.91. The molecular weight excluding hydrogens is 218 g/mol. The van der Waals surface area contributed by atoms with Crippen LogP contribution in [0.25, 0.3) is 0 Å². The van der Waals surface area contributed by atoms with Gasteiger partial charge in [-0.1, -0.05) is 26.0 Å². The molecular formula is C13H17NO3. The van der Waals surface area contributed by atoms with Crippen molar-refractivity contribution in [2.75, 3.05) is 11.9 Å². The fourth-order valence-corrected chi connectivity index (χ4v) is 1.52. The number of anilines is 1. The maximum Gasteiger partial charge on any atom is 0.394 e. The second-order valence-corrected chi connectivity index (χ2v) is 4.07. The number of benzene rings is 1. The summed E-state index contributed by atoms with van der Waals surface area (Å²) in [6.07, 6.45) is 1.04. The van der Waals surface area contributed by atoms with E-state index >= 15 is 0 Å². The van der Waals surface area contributed by atoms with Gasteiger partial charge in [0.25, 0.3) is 0 Å². The molecule has 1 aromatic rings. The zero-order chi connectivity index (χ0) is 13.0. The van der Waals surface area contributed by atoms with Gasteiger partial charge < -0.3 is 10.0 Å². The van der Waals surface area contributed by atoms with Crippen molar-refractivity contribution in [1.82, 2.24) is 0 Å². The molecule has 1 amide bonds. The summed E-state index contributed by atoms with van der Waals surface area (Å²) in [6.45, 7) is 4.24. The molecule has 4 nitrogen and oxygen atoms in total. The first-order valence-corrected chi connectivity index (χ1v) is 5.58. The van der Waals surface area contributed by atoms with Crippen LogP contribution in [0, 0.1) is 0 Å². The first-order chi connectivity index (χ1) is 7.97. The van der Waals surface area contributed by atoms with Gasteiger partial charge in [-0.2, -0.15) is 0 Å². The highest BCUT2D eigenvalue weighted by molar-refractivity contribution is 6.37. The Morgan fingerprint density at radius 3 is 2.24 bits per heavy atom. The molecule has 1 N–H and O–H groups in total. The number of hydrogen-bond acceptors (Lipinski definition) is 2. The van der Waals surface area contributed by atoms with Crippen LogP contribution < -0.4 is 4.90 Å². The van der Waals surface area contributed by atoms with E-state index in [0.717, 1.165) is 11.3 Å². The first kappa shape index (κ1) is 13.2. The number of amides is 1. The number of carbonyl (C=O) groups excluding carboxylic acids is 1. The number of likely N-dealkylation sites (N-methyl/N-ethyl adjacent to an activating group) is 1. The second kappa shape index (κ2) is 5.48. The van der Waals surface area contributed by atoms with Crippen LogP contribution in [0.5, 0.6) is 0 Å². The SMILES string of the molecule is CCC(C)c1ccc(N(C)C(=O)C(=O)O)cc1. The summed E-state index contributed by atoms with van der Waals surface area (Å²) in [5.41, 5.74) is 1.77. The molecule has 4 heteroatoms. The van der Waals surface area contributed by atoms with Crippen molar-refractivity contribution in [3.63, 3.8) is 0 Å². The number of hydrogen-bond donors (Lipinski definition) is 1. The lowest BCUT2D eigenvalue weighted by atomic mass is 9.98. The van der Waals surface area contributed by atoms with E-state index in [-0.39, 0.29) is 0 Å². The molecule has 0 radical (unpaired) electrons. The molecule has 0 aliphatic rings. The average molecular weight is 235 g/mol. The summed E-state index contributed by atoms with van der Waals surface area (Å²) in [7, 11) is 1.45. The predicted octanol–water partition coefficient (Wildman–Crippen LogP) is 2.25.